The first-order valence-electron chi connectivity index (χ1n) is 9.34. The van der Waals surface area contributed by atoms with Gasteiger partial charge in [-0.25, -0.2) is 4.99 Å². The van der Waals surface area contributed by atoms with Crippen LogP contribution in [0, 0.1) is 0 Å². The second-order valence-corrected chi connectivity index (χ2v) is 8.79. The summed E-state index contributed by atoms with van der Waals surface area (Å²) in [5, 5.41) is 1.77. The number of hydrogen-bond acceptors (Lipinski definition) is 4. The molecule has 0 saturated carbocycles. The van der Waals surface area contributed by atoms with Crippen molar-refractivity contribution in [3.05, 3.63) is 81.4 Å². The van der Waals surface area contributed by atoms with Gasteiger partial charge in [-0.2, -0.15) is 0 Å². The molecule has 0 atom stereocenters. The van der Waals surface area contributed by atoms with Crippen molar-refractivity contribution < 1.29 is 9.21 Å². The SMILES string of the molecule is CC(C)N1C(=O)/C(=C\c2ccc(-c3cc(Cl)ccc3Cl)o2)SC1=Nc1ccccc1. The Kier molecular flexibility index (Phi) is 6.04. The van der Waals surface area contributed by atoms with Crippen LogP contribution in [0.5, 0.6) is 0 Å². The van der Waals surface area contributed by atoms with E-state index >= 15 is 0 Å². The van der Waals surface area contributed by atoms with E-state index in [1.165, 1.54) is 11.8 Å². The standard InChI is InChI=1S/C23H18Cl2N2O2S/c1-14(2)27-22(28)21(30-23(27)26-16-6-4-3-5-7-16)13-17-9-11-20(29-17)18-12-15(24)8-10-19(18)25/h3-14H,1-2H3/b21-13+,26-23?. The minimum absolute atomic E-state index is 0.0178. The lowest BCUT2D eigenvalue weighted by Gasteiger charge is -2.19. The molecule has 0 aliphatic carbocycles. The maximum Gasteiger partial charge on any atom is 0.267 e. The maximum atomic E-state index is 13.0. The number of hydrogen-bond donors (Lipinski definition) is 0. The van der Waals surface area contributed by atoms with Crippen molar-refractivity contribution >= 4 is 57.8 Å². The molecule has 1 fully saturated rings. The third kappa shape index (κ3) is 4.33. The predicted molar refractivity (Wildman–Crippen MR) is 125 cm³/mol. The molecule has 0 radical (unpaired) electrons. The second kappa shape index (κ2) is 8.72. The molecule has 1 aliphatic heterocycles. The van der Waals surface area contributed by atoms with E-state index in [0.717, 1.165) is 5.69 Å². The first-order valence-corrected chi connectivity index (χ1v) is 10.9. The molecule has 0 spiro atoms. The number of para-hydroxylation sites is 1. The molecule has 0 unspecified atom stereocenters. The quantitative estimate of drug-likeness (QED) is 0.387. The van der Waals surface area contributed by atoms with E-state index < -0.39 is 0 Å². The highest BCUT2D eigenvalue weighted by molar-refractivity contribution is 8.18. The average molecular weight is 457 g/mol. The number of nitrogens with zero attached hydrogens (tertiary/aromatic N) is 2. The first-order chi connectivity index (χ1) is 14.4. The van der Waals surface area contributed by atoms with Crippen LogP contribution in [-0.2, 0) is 4.79 Å². The normalized spacial score (nSPS) is 17.0. The van der Waals surface area contributed by atoms with Crippen molar-refractivity contribution in [3.63, 3.8) is 0 Å². The van der Waals surface area contributed by atoms with Crippen LogP contribution >= 0.6 is 35.0 Å². The smallest absolute Gasteiger partial charge is 0.267 e. The number of amides is 1. The zero-order valence-electron chi connectivity index (χ0n) is 16.3. The van der Waals surface area contributed by atoms with E-state index in [1.807, 2.05) is 50.2 Å². The number of carbonyl (C=O) groups is 1. The molecule has 4 rings (SSSR count). The van der Waals surface area contributed by atoms with Gasteiger partial charge < -0.3 is 4.42 Å². The number of rotatable bonds is 4. The Morgan fingerprint density at radius 2 is 1.83 bits per heavy atom. The second-order valence-electron chi connectivity index (χ2n) is 6.94. The van der Waals surface area contributed by atoms with Crippen LogP contribution in [0.4, 0.5) is 5.69 Å². The van der Waals surface area contributed by atoms with Crippen molar-refractivity contribution in [1.29, 1.82) is 0 Å². The summed E-state index contributed by atoms with van der Waals surface area (Å²) in [7, 11) is 0. The summed E-state index contributed by atoms with van der Waals surface area (Å²) < 4.78 is 5.92. The lowest BCUT2D eigenvalue weighted by atomic mass is 10.2. The third-order valence-electron chi connectivity index (χ3n) is 4.43. The van der Waals surface area contributed by atoms with Gasteiger partial charge in [-0.3, -0.25) is 9.69 Å². The fraction of sp³-hybridized carbons (Fsp3) is 0.130. The Hall–Kier alpha value is -2.47. The molecular formula is C23H18Cl2N2O2S. The Morgan fingerprint density at radius 3 is 2.57 bits per heavy atom. The lowest BCUT2D eigenvalue weighted by Crippen LogP contribution is -2.35. The van der Waals surface area contributed by atoms with E-state index in [-0.39, 0.29) is 11.9 Å². The van der Waals surface area contributed by atoms with E-state index in [0.29, 0.717) is 37.2 Å². The van der Waals surface area contributed by atoms with Gasteiger partial charge in [0, 0.05) is 22.7 Å². The van der Waals surface area contributed by atoms with Gasteiger partial charge in [-0.15, -0.1) is 0 Å². The largest absolute Gasteiger partial charge is 0.457 e. The molecule has 2 heterocycles. The maximum absolute atomic E-state index is 13.0. The summed E-state index contributed by atoms with van der Waals surface area (Å²) in [6.07, 6.45) is 1.73. The van der Waals surface area contributed by atoms with E-state index in [1.54, 1.807) is 35.2 Å². The number of furan rings is 1. The number of thioether (sulfide) groups is 1. The summed E-state index contributed by atoms with van der Waals surface area (Å²) in [5.41, 5.74) is 1.50. The van der Waals surface area contributed by atoms with Crippen LogP contribution < -0.4 is 0 Å². The number of carbonyl (C=O) groups excluding carboxylic acids is 1. The number of aliphatic imine (C=N–C) groups is 1. The van der Waals surface area contributed by atoms with Gasteiger partial charge in [0.05, 0.1) is 15.6 Å². The predicted octanol–water partition coefficient (Wildman–Crippen LogP) is 7.27. The van der Waals surface area contributed by atoms with Crippen LogP contribution in [-0.4, -0.2) is 22.0 Å². The highest BCUT2D eigenvalue weighted by Gasteiger charge is 2.35. The van der Waals surface area contributed by atoms with Crippen LogP contribution in [0.15, 0.2) is 75.0 Å². The molecule has 7 heteroatoms. The van der Waals surface area contributed by atoms with Crippen molar-refractivity contribution in [2.75, 3.05) is 0 Å². The van der Waals surface area contributed by atoms with Crippen LogP contribution in [0.1, 0.15) is 19.6 Å². The summed E-state index contributed by atoms with van der Waals surface area (Å²) in [5.74, 6) is 1.05. The summed E-state index contributed by atoms with van der Waals surface area (Å²) in [6, 6.07) is 18.4. The molecule has 0 bridgehead atoms. The van der Waals surface area contributed by atoms with Gasteiger partial charge in [0.25, 0.3) is 5.91 Å². The Morgan fingerprint density at radius 1 is 1.07 bits per heavy atom. The fourth-order valence-electron chi connectivity index (χ4n) is 3.02. The zero-order chi connectivity index (χ0) is 21.3. The highest BCUT2D eigenvalue weighted by atomic mass is 35.5. The van der Waals surface area contributed by atoms with Crippen molar-refractivity contribution in [3.8, 4) is 11.3 Å². The topological polar surface area (TPSA) is 45.8 Å². The van der Waals surface area contributed by atoms with E-state index in [9.17, 15) is 4.79 Å². The lowest BCUT2D eigenvalue weighted by molar-refractivity contribution is -0.123. The molecule has 30 heavy (non-hydrogen) atoms. The van der Waals surface area contributed by atoms with Gasteiger partial charge in [-0.05, 0) is 68.1 Å². The molecule has 1 saturated heterocycles. The summed E-state index contributed by atoms with van der Waals surface area (Å²) in [6.45, 7) is 3.93. The number of benzene rings is 2. The van der Waals surface area contributed by atoms with Gasteiger partial charge in [0.15, 0.2) is 5.17 Å². The van der Waals surface area contributed by atoms with Gasteiger partial charge in [0.1, 0.15) is 11.5 Å². The fourth-order valence-corrected chi connectivity index (χ4v) is 4.51. The van der Waals surface area contributed by atoms with Gasteiger partial charge in [-0.1, -0.05) is 41.4 Å². The van der Waals surface area contributed by atoms with Crippen LogP contribution in [0.25, 0.3) is 17.4 Å². The van der Waals surface area contributed by atoms with Crippen LogP contribution in [0.3, 0.4) is 0 Å². The summed E-state index contributed by atoms with van der Waals surface area (Å²) in [4.78, 5) is 19.9. The average Bonchev–Trinajstić information content (AvgIpc) is 3.29. The third-order valence-corrected chi connectivity index (χ3v) is 5.98. The number of amidine groups is 1. The molecular weight excluding hydrogens is 439 g/mol. The molecule has 3 aromatic rings. The molecule has 1 aliphatic rings. The first kappa shape index (κ1) is 20.8. The van der Waals surface area contributed by atoms with Gasteiger partial charge >= 0.3 is 0 Å². The van der Waals surface area contributed by atoms with E-state index in [2.05, 4.69) is 4.99 Å². The molecule has 1 amide bonds. The Balaban J connectivity index is 1.66. The minimum atomic E-state index is -0.0941. The van der Waals surface area contributed by atoms with Crippen LogP contribution in [0.2, 0.25) is 10.0 Å². The molecule has 1 aromatic heterocycles. The monoisotopic (exact) mass is 456 g/mol. The van der Waals surface area contributed by atoms with Crippen molar-refractivity contribution in [1.82, 2.24) is 4.90 Å². The van der Waals surface area contributed by atoms with Gasteiger partial charge in [0.2, 0.25) is 0 Å². The molecule has 152 valence electrons. The van der Waals surface area contributed by atoms with E-state index in [4.69, 9.17) is 27.6 Å². The number of halogens is 2. The zero-order valence-corrected chi connectivity index (χ0v) is 18.6. The van der Waals surface area contributed by atoms with Crippen molar-refractivity contribution in [2.24, 2.45) is 4.99 Å². The summed E-state index contributed by atoms with van der Waals surface area (Å²) >= 11 is 13.7. The van der Waals surface area contributed by atoms with Crippen molar-refractivity contribution in [2.45, 2.75) is 19.9 Å². The Bertz CT molecular complexity index is 1150. The molecule has 4 nitrogen and oxygen atoms in total. The molecule has 0 N–H and O–H groups in total. The highest BCUT2D eigenvalue weighted by Crippen LogP contribution is 2.37. The molecule has 2 aromatic carbocycles. The minimum Gasteiger partial charge on any atom is -0.457 e. The Labute approximate surface area is 189 Å².